The molecule has 0 spiro atoms. The van der Waals surface area contributed by atoms with Crippen molar-refractivity contribution >= 4 is 63.7 Å². The van der Waals surface area contributed by atoms with E-state index in [0.29, 0.717) is 77.9 Å². The van der Waals surface area contributed by atoms with Crippen LogP contribution in [0.2, 0.25) is 0 Å². The number of piperidine rings is 2. The molecule has 8 heterocycles. The number of carbonyl (C=O) groups excluding carboxylic acids is 4. The van der Waals surface area contributed by atoms with Crippen LogP contribution in [-0.4, -0.2) is 138 Å². The maximum Gasteiger partial charge on any atom is 0.300 e. The van der Waals surface area contributed by atoms with Gasteiger partial charge in [-0.15, -0.1) is 0 Å². The Balaban J connectivity index is 0.796. The van der Waals surface area contributed by atoms with Crippen LogP contribution in [0.4, 0.5) is 23.2 Å². The normalized spacial score (nSPS) is 19.6. The Morgan fingerprint density at radius 3 is 2.49 bits per heavy atom. The van der Waals surface area contributed by atoms with Gasteiger partial charge in [-0.05, 0) is 49.4 Å². The number of ether oxygens (including phenoxy) is 2. The Hall–Kier alpha value is -6.34. The zero-order chi connectivity index (χ0) is 40.5. The fourth-order valence-electron chi connectivity index (χ4n) is 8.20. The van der Waals surface area contributed by atoms with E-state index < -0.39 is 17.9 Å². The van der Waals surface area contributed by atoms with Crippen LogP contribution in [0.15, 0.2) is 53.2 Å². The number of nitrogens with zero attached hydrogens (tertiary/aromatic N) is 9. The highest BCUT2D eigenvalue weighted by Gasteiger charge is 2.31. The van der Waals surface area contributed by atoms with Crippen molar-refractivity contribution in [2.24, 2.45) is 5.92 Å². The molecule has 4 aliphatic heterocycles. The zero-order valence-electron chi connectivity index (χ0n) is 32.8. The van der Waals surface area contributed by atoms with Crippen LogP contribution in [0, 0.1) is 5.92 Å². The number of oxazole rings is 1. The molecule has 19 nitrogen and oxygen atoms in total. The number of pyridine rings is 1. The van der Waals surface area contributed by atoms with Crippen molar-refractivity contribution in [3.05, 3.63) is 60.0 Å². The van der Waals surface area contributed by atoms with E-state index in [9.17, 15) is 19.2 Å². The first-order valence-corrected chi connectivity index (χ1v) is 20.1. The number of benzene rings is 1. The van der Waals surface area contributed by atoms with E-state index in [1.165, 1.54) is 7.11 Å². The molecular formula is C40H46N12O7. The van der Waals surface area contributed by atoms with Crippen LogP contribution in [0.5, 0.6) is 5.75 Å². The van der Waals surface area contributed by atoms with Gasteiger partial charge >= 0.3 is 0 Å². The van der Waals surface area contributed by atoms with E-state index in [0.717, 1.165) is 64.3 Å². The number of aromatic nitrogens is 5. The van der Waals surface area contributed by atoms with Gasteiger partial charge in [-0.1, -0.05) is 0 Å². The highest BCUT2D eigenvalue weighted by molar-refractivity contribution is 6.06. The third kappa shape index (κ3) is 8.20. The lowest BCUT2D eigenvalue weighted by molar-refractivity contribution is -0.134. The molecule has 4 fully saturated rings. The molecule has 4 aromatic heterocycles. The van der Waals surface area contributed by atoms with Crippen molar-refractivity contribution in [2.75, 3.05) is 99.2 Å². The van der Waals surface area contributed by atoms with E-state index in [1.807, 2.05) is 12.1 Å². The predicted molar refractivity (Wildman–Crippen MR) is 216 cm³/mol. The van der Waals surface area contributed by atoms with Crippen molar-refractivity contribution in [1.29, 1.82) is 0 Å². The monoisotopic (exact) mass is 806 g/mol. The topological polar surface area (TPSA) is 205 Å². The molecule has 0 aliphatic carbocycles. The first kappa shape index (κ1) is 38.2. The fourth-order valence-corrected chi connectivity index (χ4v) is 8.20. The number of imidazole rings is 1. The standard InChI is InChI=1S/C40H46N12O7/c1-57-31-22-26(2-3-27(31)37(54)42-28-5-7-34(53)44-38(28)55)49-11-8-25(9-12-49)24-48-14-16-51(17-15-48)40-46-35-32(59-40)23-30(36(45-35)50-18-20-58-21-19-50)43-39(56)29-4-6-33-41-10-13-52(33)47-29/h2-4,6,10,13,22-23,25,28H,5,7-9,11-12,14-21,24H2,1H3,(H,42,54)(H,43,56)(H,44,53,55). The molecule has 1 atom stereocenters. The summed E-state index contributed by atoms with van der Waals surface area (Å²) in [7, 11) is 1.53. The molecule has 59 heavy (non-hydrogen) atoms. The third-order valence-electron chi connectivity index (χ3n) is 11.5. The van der Waals surface area contributed by atoms with E-state index in [1.54, 1.807) is 41.2 Å². The first-order valence-electron chi connectivity index (χ1n) is 20.1. The summed E-state index contributed by atoms with van der Waals surface area (Å²) in [6.45, 7) is 8.42. The number of imide groups is 1. The average molecular weight is 807 g/mol. The Morgan fingerprint density at radius 1 is 0.898 bits per heavy atom. The summed E-state index contributed by atoms with van der Waals surface area (Å²) in [6.07, 6.45) is 5.86. The molecule has 3 N–H and O–H groups in total. The lowest BCUT2D eigenvalue weighted by atomic mass is 9.95. The number of amides is 4. The minimum atomic E-state index is -0.759. The average Bonchev–Trinajstić information content (AvgIpc) is 3.92. The van der Waals surface area contributed by atoms with Gasteiger partial charge < -0.3 is 39.2 Å². The Labute approximate surface area is 339 Å². The van der Waals surface area contributed by atoms with Crippen LogP contribution in [0.1, 0.15) is 46.5 Å². The van der Waals surface area contributed by atoms with E-state index in [-0.39, 0.29) is 30.3 Å². The number of hydrogen-bond acceptors (Lipinski definition) is 15. The minimum Gasteiger partial charge on any atom is -0.496 e. The number of anilines is 4. The molecule has 9 rings (SSSR count). The van der Waals surface area contributed by atoms with Gasteiger partial charge in [-0.2, -0.15) is 10.1 Å². The molecular weight excluding hydrogens is 761 g/mol. The van der Waals surface area contributed by atoms with Gasteiger partial charge in [0.15, 0.2) is 17.0 Å². The number of rotatable bonds is 10. The van der Waals surface area contributed by atoms with Gasteiger partial charge in [0.25, 0.3) is 17.8 Å². The van der Waals surface area contributed by atoms with Crippen LogP contribution in [-0.2, 0) is 14.3 Å². The molecule has 1 unspecified atom stereocenters. The van der Waals surface area contributed by atoms with Gasteiger partial charge in [-0.3, -0.25) is 29.4 Å². The number of fused-ring (bicyclic) bond motifs is 2. The number of morpholine rings is 1. The van der Waals surface area contributed by atoms with Crippen molar-refractivity contribution in [1.82, 2.24) is 40.1 Å². The Bertz CT molecular complexity index is 2380. The van der Waals surface area contributed by atoms with Gasteiger partial charge in [0.1, 0.15) is 17.5 Å². The number of methoxy groups -OCH3 is 1. The quantitative estimate of drug-likeness (QED) is 0.173. The van der Waals surface area contributed by atoms with Crippen LogP contribution in [0.3, 0.4) is 0 Å². The van der Waals surface area contributed by atoms with E-state index in [4.69, 9.17) is 23.9 Å². The van der Waals surface area contributed by atoms with Crippen LogP contribution in [0.25, 0.3) is 16.9 Å². The van der Waals surface area contributed by atoms with Crippen molar-refractivity contribution < 1.29 is 33.1 Å². The van der Waals surface area contributed by atoms with Gasteiger partial charge in [0.05, 0.1) is 31.6 Å². The molecule has 4 amide bonds. The summed E-state index contributed by atoms with van der Waals surface area (Å²) in [5.74, 6) is -0.0148. The van der Waals surface area contributed by atoms with Crippen LogP contribution >= 0.6 is 0 Å². The molecule has 5 aromatic rings. The fraction of sp³-hybridized carbons (Fsp3) is 0.450. The maximum atomic E-state index is 13.4. The number of nitrogens with one attached hydrogen (secondary N) is 3. The number of piperazine rings is 1. The van der Waals surface area contributed by atoms with Gasteiger partial charge in [0.2, 0.25) is 17.5 Å². The molecule has 0 bridgehead atoms. The Morgan fingerprint density at radius 2 is 1.71 bits per heavy atom. The minimum absolute atomic E-state index is 0.185. The summed E-state index contributed by atoms with van der Waals surface area (Å²) >= 11 is 0. The van der Waals surface area contributed by atoms with Gasteiger partial charge in [0, 0.05) is 95.5 Å². The number of hydrogen-bond donors (Lipinski definition) is 3. The molecule has 1 aromatic carbocycles. The molecule has 4 saturated heterocycles. The van der Waals surface area contributed by atoms with Crippen molar-refractivity contribution in [3.8, 4) is 5.75 Å². The lowest BCUT2D eigenvalue weighted by Gasteiger charge is -2.39. The molecule has 0 saturated carbocycles. The van der Waals surface area contributed by atoms with Crippen molar-refractivity contribution in [2.45, 2.75) is 31.7 Å². The number of carbonyl (C=O) groups is 4. The second-order valence-electron chi connectivity index (χ2n) is 15.3. The summed E-state index contributed by atoms with van der Waals surface area (Å²) in [5, 5.41) is 12.4. The highest BCUT2D eigenvalue weighted by atomic mass is 16.5. The summed E-state index contributed by atoms with van der Waals surface area (Å²) in [4.78, 5) is 73.1. The Kier molecular flexibility index (Phi) is 10.7. The van der Waals surface area contributed by atoms with E-state index in [2.05, 4.69) is 45.6 Å². The zero-order valence-corrected chi connectivity index (χ0v) is 32.8. The maximum absolute atomic E-state index is 13.4. The van der Waals surface area contributed by atoms with Gasteiger partial charge in [-0.25, -0.2) is 14.5 Å². The van der Waals surface area contributed by atoms with Crippen LogP contribution < -0.4 is 35.4 Å². The molecule has 4 aliphatic rings. The molecule has 308 valence electrons. The SMILES string of the molecule is COc1cc(N2CCC(CN3CCN(c4nc5nc(N6CCOCC6)c(NC(=O)c6ccc7nccn7n6)cc5o4)CC3)CC2)ccc1C(=O)NC1CCC(=O)NC1=O. The van der Waals surface area contributed by atoms with E-state index >= 15 is 0 Å². The molecule has 0 radical (unpaired) electrons. The largest absolute Gasteiger partial charge is 0.496 e. The second kappa shape index (κ2) is 16.5. The highest BCUT2D eigenvalue weighted by Crippen LogP contribution is 2.33. The van der Waals surface area contributed by atoms with Crippen molar-refractivity contribution in [3.63, 3.8) is 0 Å². The lowest BCUT2D eigenvalue weighted by Crippen LogP contribution is -2.52. The molecule has 19 heteroatoms. The second-order valence-corrected chi connectivity index (χ2v) is 15.3. The summed E-state index contributed by atoms with van der Waals surface area (Å²) < 4.78 is 19.0. The smallest absolute Gasteiger partial charge is 0.300 e. The third-order valence-corrected chi connectivity index (χ3v) is 11.5. The first-order chi connectivity index (χ1) is 28.8. The summed E-state index contributed by atoms with van der Waals surface area (Å²) in [5.41, 5.74) is 3.70. The summed E-state index contributed by atoms with van der Waals surface area (Å²) in [6, 6.07) is 10.5. The predicted octanol–water partition coefficient (Wildman–Crippen LogP) is 1.94.